The third kappa shape index (κ3) is 5.71. The summed E-state index contributed by atoms with van der Waals surface area (Å²) >= 11 is 0. The molecule has 1 amide bonds. The highest BCUT2D eigenvalue weighted by molar-refractivity contribution is 7.54. The van der Waals surface area contributed by atoms with E-state index in [0.717, 1.165) is 0 Å². The first-order valence-electron chi connectivity index (χ1n) is 7.56. The molecule has 11 nitrogen and oxygen atoms in total. The summed E-state index contributed by atoms with van der Waals surface area (Å²) in [7, 11) is -4.91. The van der Waals surface area contributed by atoms with E-state index in [1.165, 1.54) is 19.2 Å². The summed E-state index contributed by atoms with van der Waals surface area (Å²) in [6, 6.07) is 1.62. The maximum Gasteiger partial charge on any atom is 0.420 e. The smallest absolute Gasteiger partial charge is 0.330 e. The minimum atomic E-state index is -5.28. The first-order valence-corrected chi connectivity index (χ1v) is 9.17. The maximum absolute atomic E-state index is 13.4. The average Bonchev–Trinajstić information content (AvgIpc) is 2.58. The monoisotopic (exact) mass is 429 g/mol. The van der Waals surface area contributed by atoms with Gasteiger partial charge in [-0.15, -0.1) is 0 Å². The Kier molecular flexibility index (Phi) is 7.61. The molecule has 0 aliphatic carbocycles. The van der Waals surface area contributed by atoms with Gasteiger partial charge in [0.15, 0.2) is 0 Å². The Balaban J connectivity index is 3.38. The van der Waals surface area contributed by atoms with Crippen molar-refractivity contribution in [3.8, 4) is 0 Å². The van der Waals surface area contributed by atoms with Crippen LogP contribution in [0.3, 0.4) is 0 Å². The van der Waals surface area contributed by atoms with Crippen LogP contribution in [0.4, 0.5) is 24.5 Å². The first kappa shape index (κ1) is 23.5. The summed E-state index contributed by atoms with van der Waals surface area (Å²) in [4.78, 5) is 31.8. The summed E-state index contributed by atoms with van der Waals surface area (Å²) in [5, 5.41) is 23.1. The molecule has 0 unspecified atom stereocenters. The van der Waals surface area contributed by atoms with E-state index >= 15 is 0 Å². The zero-order valence-corrected chi connectivity index (χ0v) is 15.4. The molecule has 0 fully saturated rings. The fourth-order valence-electron chi connectivity index (χ4n) is 2.03. The highest BCUT2D eigenvalue weighted by Crippen LogP contribution is 2.56. The van der Waals surface area contributed by atoms with Gasteiger partial charge in [-0.2, -0.15) is 13.2 Å². The lowest BCUT2D eigenvalue weighted by Gasteiger charge is -2.28. The molecule has 0 spiro atoms. The molecule has 0 aromatic heterocycles. The van der Waals surface area contributed by atoms with Gasteiger partial charge >= 0.3 is 13.8 Å². The number of carbonyl (C=O) groups is 1. The number of non-ortho nitro benzene ring substituents is 2. The predicted octanol–water partition coefficient (Wildman–Crippen LogP) is 3.39. The minimum absolute atomic E-state index is 0.429. The number of rotatable bonds is 9. The Morgan fingerprint density at radius 2 is 1.54 bits per heavy atom. The van der Waals surface area contributed by atoms with E-state index in [0.29, 0.717) is 18.2 Å². The Morgan fingerprint density at radius 3 is 1.86 bits per heavy atom. The van der Waals surface area contributed by atoms with Gasteiger partial charge < -0.3 is 14.4 Å². The topological polar surface area (TPSA) is 151 Å². The third-order valence-electron chi connectivity index (χ3n) is 3.10. The molecule has 0 bridgehead atoms. The van der Waals surface area contributed by atoms with Gasteiger partial charge in [0.25, 0.3) is 17.3 Å². The lowest BCUT2D eigenvalue weighted by atomic mass is 10.1. The number of nitro groups is 2. The molecule has 0 aliphatic heterocycles. The fourth-order valence-corrected chi connectivity index (χ4v) is 3.76. The van der Waals surface area contributed by atoms with Crippen LogP contribution in [0, 0.1) is 20.2 Å². The van der Waals surface area contributed by atoms with Crippen molar-refractivity contribution in [2.75, 3.05) is 13.2 Å². The molecule has 1 rings (SSSR count). The second-order valence-electron chi connectivity index (χ2n) is 5.05. The van der Waals surface area contributed by atoms with Gasteiger partial charge in [0, 0.05) is 12.1 Å². The Labute approximate surface area is 155 Å². The second-order valence-corrected chi connectivity index (χ2v) is 7.16. The van der Waals surface area contributed by atoms with Crippen LogP contribution >= 0.6 is 7.60 Å². The molecule has 0 saturated heterocycles. The number of alkyl halides is 3. The molecule has 0 heterocycles. The van der Waals surface area contributed by atoms with Crippen molar-refractivity contribution in [2.24, 2.45) is 0 Å². The number of hydrogen-bond donors (Lipinski definition) is 1. The van der Waals surface area contributed by atoms with Crippen molar-refractivity contribution in [3.63, 3.8) is 0 Å². The van der Waals surface area contributed by atoms with E-state index in [2.05, 4.69) is 9.05 Å². The number of nitrogens with zero attached hydrogens (tertiary/aromatic N) is 2. The van der Waals surface area contributed by atoms with Crippen molar-refractivity contribution in [2.45, 2.75) is 25.8 Å². The number of amides is 1. The van der Waals surface area contributed by atoms with Crippen LogP contribution in [-0.4, -0.2) is 40.9 Å². The van der Waals surface area contributed by atoms with Crippen LogP contribution in [0.5, 0.6) is 0 Å². The van der Waals surface area contributed by atoms with Crippen LogP contribution in [0.25, 0.3) is 0 Å². The number of halogens is 3. The fraction of sp³-hybridized carbons (Fsp3) is 0.462. The molecule has 0 saturated carbocycles. The highest BCUT2D eigenvalue weighted by atomic mass is 31.2. The van der Waals surface area contributed by atoms with Gasteiger partial charge in [-0.05, 0) is 13.8 Å². The summed E-state index contributed by atoms with van der Waals surface area (Å²) in [6.45, 7) is 1.65. The largest absolute Gasteiger partial charge is 0.420 e. The van der Waals surface area contributed by atoms with Crippen LogP contribution in [0.15, 0.2) is 18.2 Å². The number of hydrogen-bond acceptors (Lipinski definition) is 8. The Hall–Kier alpha value is -2.57. The third-order valence-corrected chi connectivity index (χ3v) is 5.39. The molecular weight excluding hydrogens is 414 g/mol. The van der Waals surface area contributed by atoms with Crippen molar-refractivity contribution >= 4 is 24.9 Å². The standard InChI is InChI=1S/C13H15F3N3O8P/c1-3-26-28(25,27-4-2)12(13(14,15)16)17-11(20)8-5-9(18(21)22)7-10(6-8)19(23)24/h5-7,12H,3-4H2,1-2H3,(H,17,20)/t12-/m1/s1. The normalized spacial score (nSPS) is 13.0. The molecule has 0 aliphatic rings. The number of nitro benzene ring substituents is 2. The lowest BCUT2D eigenvalue weighted by Crippen LogP contribution is -2.46. The SMILES string of the molecule is CCOP(=O)(OCC)[C@@H](NC(=O)c1cc([N+](=O)[O-])cc([N+](=O)[O-])c1)C(F)(F)F. The van der Waals surface area contributed by atoms with Gasteiger partial charge in [0.2, 0.25) is 5.78 Å². The van der Waals surface area contributed by atoms with Crippen molar-refractivity contribution < 1.29 is 41.4 Å². The number of nitrogens with one attached hydrogen (secondary N) is 1. The first-order chi connectivity index (χ1) is 12.9. The molecule has 0 radical (unpaired) electrons. The highest BCUT2D eigenvalue weighted by Gasteiger charge is 2.55. The molecule has 1 aromatic rings. The summed E-state index contributed by atoms with van der Waals surface area (Å²) in [5.41, 5.74) is -2.59. The van der Waals surface area contributed by atoms with E-state index in [9.17, 15) is 42.8 Å². The summed E-state index contributed by atoms with van der Waals surface area (Å²) in [6.07, 6.45) is -5.28. The van der Waals surface area contributed by atoms with E-state index in [1.807, 2.05) is 0 Å². The van der Waals surface area contributed by atoms with Gasteiger partial charge in [-0.3, -0.25) is 29.6 Å². The van der Waals surface area contributed by atoms with Crippen molar-refractivity contribution in [1.29, 1.82) is 0 Å². The Morgan fingerprint density at radius 1 is 1.11 bits per heavy atom. The molecule has 1 aromatic carbocycles. The number of carbonyl (C=O) groups excluding carboxylic acids is 1. The van der Waals surface area contributed by atoms with Crippen LogP contribution in [0.1, 0.15) is 24.2 Å². The van der Waals surface area contributed by atoms with Crippen molar-refractivity contribution in [1.82, 2.24) is 5.32 Å². The molecule has 15 heteroatoms. The average molecular weight is 429 g/mol. The van der Waals surface area contributed by atoms with Gasteiger partial charge in [-0.1, -0.05) is 0 Å². The van der Waals surface area contributed by atoms with Crippen LogP contribution < -0.4 is 5.32 Å². The molecular formula is C13H15F3N3O8P. The maximum atomic E-state index is 13.4. The zero-order chi connectivity index (χ0) is 21.7. The summed E-state index contributed by atoms with van der Waals surface area (Å²) < 4.78 is 61.9. The van der Waals surface area contributed by atoms with Gasteiger partial charge in [0.05, 0.1) is 34.7 Å². The van der Waals surface area contributed by atoms with E-state index in [1.54, 1.807) is 0 Å². The van der Waals surface area contributed by atoms with Crippen molar-refractivity contribution in [3.05, 3.63) is 44.0 Å². The summed E-state index contributed by atoms with van der Waals surface area (Å²) in [5.74, 6) is -4.68. The second kappa shape index (κ2) is 9.08. The minimum Gasteiger partial charge on any atom is -0.330 e. The van der Waals surface area contributed by atoms with Gasteiger partial charge in [-0.25, -0.2) is 0 Å². The van der Waals surface area contributed by atoms with E-state index in [4.69, 9.17) is 0 Å². The van der Waals surface area contributed by atoms with E-state index < -0.39 is 65.5 Å². The van der Waals surface area contributed by atoms with Crippen LogP contribution in [0.2, 0.25) is 0 Å². The molecule has 1 N–H and O–H groups in total. The molecule has 156 valence electrons. The Bertz CT molecular complexity index is 774. The van der Waals surface area contributed by atoms with E-state index in [-0.39, 0.29) is 0 Å². The quantitative estimate of drug-likeness (QED) is 0.356. The predicted molar refractivity (Wildman–Crippen MR) is 87.9 cm³/mol. The number of benzene rings is 1. The zero-order valence-electron chi connectivity index (χ0n) is 14.5. The molecule has 28 heavy (non-hydrogen) atoms. The molecule has 1 atom stereocenters. The van der Waals surface area contributed by atoms with Gasteiger partial charge in [0.1, 0.15) is 0 Å². The lowest BCUT2D eigenvalue weighted by molar-refractivity contribution is -0.394. The van der Waals surface area contributed by atoms with Crippen LogP contribution in [-0.2, 0) is 13.6 Å².